The Morgan fingerprint density at radius 1 is 0.917 bits per heavy atom. The van der Waals surface area contributed by atoms with Crippen molar-refractivity contribution in [1.29, 1.82) is 0 Å². The lowest BCUT2D eigenvalue weighted by Crippen LogP contribution is -2.39. The smallest absolute Gasteiger partial charge is 0.0121 e. The van der Waals surface area contributed by atoms with Crippen molar-refractivity contribution >= 4 is 0 Å². The van der Waals surface area contributed by atoms with Crippen LogP contribution in [0.5, 0.6) is 0 Å². The van der Waals surface area contributed by atoms with Gasteiger partial charge in [-0.3, -0.25) is 0 Å². The lowest BCUT2D eigenvalue weighted by molar-refractivity contribution is 0.138. The predicted molar refractivity (Wildman–Crippen MR) is 52.2 cm³/mol. The SMILES string of the molecule is CC1CCCC[C@H]1N1CCCC1. The van der Waals surface area contributed by atoms with Crippen molar-refractivity contribution in [3.8, 4) is 0 Å². The van der Waals surface area contributed by atoms with Crippen LogP contribution in [0.2, 0.25) is 0 Å². The lowest BCUT2D eigenvalue weighted by Gasteiger charge is -2.36. The van der Waals surface area contributed by atoms with Gasteiger partial charge in [0.1, 0.15) is 0 Å². The molecule has 0 aromatic rings. The van der Waals surface area contributed by atoms with E-state index in [1.54, 1.807) is 0 Å². The van der Waals surface area contributed by atoms with Crippen molar-refractivity contribution < 1.29 is 0 Å². The third-order valence-electron chi connectivity index (χ3n) is 3.68. The highest BCUT2D eigenvalue weighted by Gasteiger charge is 2.28. The maximum atomic E-state index is 2.74. The molecule has 12 heavy (non-hydrogen) atoms. The summed E-state index contributed by atoms with van der Waals surface area (Å²) in [6.07, 6.45) is 8.80. The third-order valence-corrected chi connectivity index (χ3v) is 3.68. The summed E-state index contributed by atoms with van der Waals surface area (Å²) >= 11 is 0. The van der Waals surface area contributed by atoms with E-state index in [1.807, 2.05) is 0 Å². The minimum Gasteiger partial charge on any atom is -0.300 e. The van der Waals surface area contributed by atoms with Crippen LogP contribution in [0.25, 0.3) is 0 Å². The molecule has 0 spiro atoms. The summed E-state index contributed by atoms with van der Waals surface area (Å²) in [4.78, 5) is 2.74. The Labute approximate surface area is 76.1 Å². The quantitative estimate of drug-likeness (QED) is 0.580. The van der Waals surface area contributed by atoms with E-state index in [0.29, 0.717) is 0 Å². The lowest BCUT2D eigenvalue weighted by atomic mass is 9.85. The number of likely N-dealkylation sites (tertiary alicyclic amines) is 1. The zero-order valence-corrected chi connectivity index (χ0v) is 8.26. The molecule has 1 aliphatic heterocycles. The Hall–Kier alpha value is -0.0400. The highest BCUT2D eigenvalue weighted by atomic mass is 15.2. The fourth-order valence-electron chi connectivity index (χ4n) is 2.91. The van der Waals surface area contributed by atoms with Crippen molar-refractivity contribution in [2.45, 2.75) is 51.5 Å². The van der Waals surface area contributed by atoms with Crippen LogP contribution in [0.3, 0.4) is 0 Å². The average Bonchev–Trinajstić information content (AvgIpc) is 2.57. The largest absolute Gasteiger partial charge is 0.300 e. The molecule has 2 rings (SSSR count). The van der Waals surface area contributed by atoms with E-state index in [2.05, 4.69) is 11.8 Å². The van der Waals surface area contributed by atoms with E-state index in [-0.39, 0.29) is 0 Å². The van der Waals surface area contributed by atoms with E-state index in [1.165, 1.54) is 51.6 Å². The summed E-state index contributed by atoms with van der Waals surface area (Å²) < 4.78 is 0. The molecule has 2 atom stereocenters. The second-order valence-electron chi connectivity index (χ2n) is 4.57. The van der Waals surface area contributed by atoms with Gasteiger partial charge < -0.3 is 4.90 Å². The number of rotatable bonds is 1. The summed E-state index contributed by atoms with van der Waals surface area (Å²) in [5, 5.41) is 0. The van der Waals surface area contributed by atoms with Crippen LogP contribution in [0.1, 0.15) is 45.4 Å². The fraction of sp³-hybridized carbons (Fsp3) is 1.00. The Balaban J connectivity index is 1.91. The fourth-order valence-corrected chi connectivity index (χ4v) is 2.91. The normalized spacial score (nSPS) is 38.8. The van der Waals surface area contributed by atoms with Crippen molar-refractivity contribution in [2.75, 3.05) is 13.1 Å². The summed E-state index contributed by atoms with van der Waals surface area (Å²) in [7, 11) is 0. The second-order valence-corrected chi connectivity index (χ2v) is 4.57. The van der Waals surface area contributed by atoms with Gasteiger partial charge in [-0.1, -0.05) is 19.8 Å². The molecular formula is C11H21N. The van der Waals surface area contributed by atoms with Crippen molar-refractivity contribution in [3.63, 3.8) is 0 Å². The second kappa shape index (κ2) is 3.78. The van der Waals surface area contributed by atoms with E-state index >= 15 is 0 Å². The van der Waals surface area contributed by atoms with Gasteiger partial charge in [-0.15, -0.1) is 0 Å². The van der Waals surface area contributed by atoms with Gasteiger partial charge in [0.15, 0.2) is 0 Å². The van der Waals surface area contributed by atoms with Crippen molar-refractivity contribution in [3.05, 3.63) is 0 Å². The topological polar surface area (TPSA) is 3.24 Å². The van der Waals surface area contributed by atoms with Crippen LogP contribution < -0.4 is 0 Å². The molecule has 2 fully saturated rings. The van der Waals surface area contributed by atoms with Crippen LogP contribution in [-0.4, -0.2) is 24.0 Å². The van der Waals surface area contributed by atoms with Crippen molar-refractivity contribution in [2.24, 2.45) is 5.92 Å². The van der Waals surface area contributed by atoms with E-state index in [9.17, 15) is 0 Å². The van der Waals surface area contributed by atoms with E-state index < -0.39 is 0 Å². The van der Waals surface area contributed by atoms with Crippen LogP contribution in [0.15, 0.2) is 0 Å². The minimum atomic E-state index is 0.946. The van der Waals surface area contributed by atoms with Crippen LogP contribution in [-0.2, 0) is 0 Å². The van der Waals surface area contributed by atoms with Gasteiger partial charge in [-0.25, -0.2) is 0 Å². The maximum absolute atomic E-state index is 2.74. The van der Waals surface area contributed by atoms with Crippen molar-refractivity contribution in [1.82, 2.24) is 4.90 Å². The number of hydrogen-bond acceptors (Lipinski definition) is 1. The van der Waals surface area contributed by atoms with Gasteiger partial charge in [0, 0.05) is 6.04 Å². The molecule has 0 aromatic carbocycles. The van der Waals surface area contributed by atoms with Crippen LogP contribution in [0.4, 0.5) is 0 Å². The average molecular weight is 167 g/mol. The molecule has 0 amide bonds. The molecule has 1 aliphatic carbocycles. The van der Waals surface area contributed by atoms with Crippen LogP contribution >= 0.6 is 0 Å². The first-order valence-electron chi connectivity index (χ1n) is 5.62. The molecule has 1 unspecified atom stereocenters. The summed E-state index contributed by atoms with van der Waals surface area (Å²) in [5.41, 5.74) is 0. The van der Waals surface area contributed by atoms with Gasteiger partial charge in [-0.2, -0.15) is 0 Å². The zero-order valence-electron chi connectivity index (χ0n) is 8.26. The first-order valence-corrected chi connectivity index (χ1v) is 5.62. The predicted octanol–water partition coefficient (Wildman–Crippen LogP) is 2.66. The first kappa shape index (κ1) is 8.55. The Bertz CT molecular complexity index is 138. The van der Waals surface area contributed by atoms with E-state index in [0.717, 1.165) is 12.0 Å². The monoisotopic (exact) mass is 167 g/mol. The molecule has 2 aliphatic rings. The number of nitrogens with zero attached hydrogens (tertiary/aromatic N) is 1. The third kappa shape index (κ3) is 1.66. The first-order chi connectivity index (χ1) is 5.88. The Morgan fingerprint density at radius 2 is 1.58 bits per heavy atom. The molecule has 1 saturated heterocycles. The van der Waals surface area contributed by atoms with Gasteiger partial charge in [0.05, 0.1) is 0 Å². The van der Waals surface area contributed by atoms with Crippen LogP contribution in [0, 0.1) is 5.92 Å². The molecule has 0 radical (unpaired) electrons. The summed E-state index contributed by atoms with van der Waals surface area (Å²) in [5.74, 6) is 0.969. The number of hydrogen-bond donors (Lipinski definition) is 0. The molecule has 1 heteroatoms. The maximum Gasteiger partial charge on any atom is 0.0121 e. The van der Waals surface area contributed by atoms with Gasteiger partial charge in [0.2, 0.25) is 0 Å². The Kier molecular flexibility index (Phi) is 2.69. The molecule has 1 saturated carbocycles. The van der Waals surface area contributed by atoms with Gasteiger partial charge in [-0.05, 0) is 44.7 Å². The highest BCUT2D eigenvalue weighted by Crippen LogP contribution is 2.29. The molecule has 0 bridgehead atoms. The standard InChI is InChI=1S/C11H21N/c1-10-6-2-3-7-11(10)12-8-4-5-9-12/h10-11H,2-9H2,1H3/t10?,11-/m1/s1. The van der Waals surface area contributed by atoms with Gasteiger partial charge >= 0.3 is 0 Å². The van der Waals surface area contributed by atoms with E-state index in [4.69, 9.17) is 0 Å². The Morgan fingerprint density at radius 3 is 2.25 bits per heavy atom. The summed E-state index contributed by atoms with van der Waals surface area (Å²) in [6, 6.07) is 0.946. The molecule has 1 heterocycles. The summed E-state index contributed by atoms with van der Waals surface area (Å²) in [6.45, 7) is 5.21. The molecular weight excluding hydrogens is 146 g/mol. The molecule has 70 valence electrons. The molecule has 1 nitrogen and oxygen atoms in total. The molecule has 0 aromatic heterocycles. The molecule has 0 N–H and O–H groups in total. The highest BCUT2D eigenvalue weighted by molar-refractivity contribution is 4.83. The van der Waals surface area contributed by atoms with Gasteiger partial charge in [0.25, 0.3) is 0 Å². The zero-order chi connectivity index (χ0) is 8.39. The minimum absolute atomic E-state index is 0.946.